The number of ether oxygens (including phenoxy) is 2. The number of amides is 4. The van der Waals surface area contributed by atoms with Crippen molar-refractivity contribution < 1.29 is 28.7 Å². The van der Waals surface area contributed by atoms with E-state index in [4.69, 9.17) is 19.4 Å². The molecule has 0 radical (unpaired) electrons. The number of H-pyrrole nitrogens is 2. The molecule has 6 aromatic rings. The molecule has 344 valence electrons. The Balaban J connectivity index is 0.891. The smallest absolute Gasteiger partial charge is 0.407 e. The van der Waals surface area contributed by atoms with Gasteiger partial charge in [0.05, 0.1) is 50.1 Å². The lowest BCUT2D eigenvalue weighted by molar-refractivity contribution is -0.135. The zero-order valence-electron chi connectivity index (χ0n) is 37.9. The number of nitrogens with zero attached hydrogens (tertiary/aromatic N) is 4. The average Bonchev–Trinajstić information content (AvgIpc) is 4.24. The van der Waals surface area contributed by atoms with Crippen molar-refractivity contribution in [2.75, 3.05) is 27.3 Å². The summed E-state index contributed by atoms with van der Waals surface area (Å²) in [6, 6.07) is 29.4. The van der Waals surface area contributed by atoms with Gasteiger partial charge in [0.2, 0.25) is 0 Å². The summed E-state index contributed by atoms with van der Waals surface area (Å²) in [5.41, 5.74) is 10.7. The number of benzene rings is 4. The fraction of sp³-hybridized carbons (Fsp3) is 0.358. The van der Waals surface area contributed by atoms with E-state index in [0.717, 1.165) is 72.4 Å². The number of alkyl carbamates (subject to hydrolysis) is 2. The molecule has 4 N–H and O–H groups in total. The molecule has 14 nitrogen and oxygen atoms in total. The topological polar surface area (TPSA) is 175 Å². The van der Waals surface area contributed by atoms with Crippen LogP contribution in [0.3, 0.4) is 0 Å². The molecular weight excluding hydrogens is 845 g/mol. The molecule has 2 aliphatic heterocycles. The molecule has 4 atom stereocenters. The Labute approximate surface area is 389 Å². The van der Waals surface area contributed by atoms with Crippen LogP contribution in [0.4, 0.5) is 9.59 Å². The number of hydrogen-bond acceptors (Lipinski definition) is 8. The lowest BCUT2D eigenvalue weighted by atomic mass is 9.82. The third kappa shape index (κ3) is 8.56. The van der Waals surface area contributed by atoms with E-state index < -0.39 is 24.3 Å². The van der Waals surface area contributed by atoms with Gasteiger partial charge >= 0.3 is 12.2 Å². The molecule has 2 saturated heterocycles. The number of fused-ring (bicyclic) bond motifs is 1. The molecule has 10 rings (SSSR count). The van der Waals surface area contributed by atoms with Crippen molar-refractivity contribution in [2.45, 2.75) is 88.4 Å². The average molecular weight is 901 g/mol. The van der Waals surface area contributed by atoms with Gasteiger partial charge in [0.25, 0.3) is 11.8 Å². The van der Waals surface area contributed by atoms with E-state index in [-0.39, 0.29) is 29.3 Å². The molecule has 0 bridgehead atoms. The van der Waals surface area contributed by atoms with Crippen molar-refractivity contribution in [2.24, 2.45) is 5.41 Å². The van der Waals surface area contributed by atoms with Crippen LogP contribution in [0.5, 0.6) is 0 Å². The molecule has 2 aromatic heterocycles. The summed E-state index contributed by atoms with van der Waals surface area (Å²) in [7, 11) is 2.59. The summed E-state index contributed by atoms with van der Waals surface area (Å²) in [5.74, 6) is 1.06. The zero-order chi connectivity index (χ0) is 46.1. The number of carbonyl (C=O) groups is 4. The minimum atomic E-state index is -0.884. The molecule has 2 aliphatic carbocycles. The Kier molecular flexibility index (Phi) is 12.1. The van der Waals surface area contributed by atoms with Crippen molar-refractivity contribution in [3.05, 3.63) is 143 Å². The SMILES string of the molecule is COC(=O)N[C@H](C(=O)N1CCC[C@H]1c1ncc(-c2ccc(-c3ccc(-c4cnc([C@@H]5CCCN5C(=O)[C@@H](NC(=O)OC)c5ccccc5)[nH]4)c4c3CC3(CCCC3)C4)cc2)[nH]1)c1ccccc1. The summed E-state index contributed by atoms with van der Waals surface area (Å²) in [5, 5.41) is 5.50. The number of aromatic nitrogens is 4. The first kappa shape index (κ1) is 43.7. The highest BCUT2D eigenvalue weighted by Gasteiger charge is 2.43. The van der Waals surface area contributed by atoms with E-state index in [1.165, 1.54) is 56.6 Å². The molecule has 3 fully saturated rings. The van der Waals surface area contributed by atoms with Gasteiger partial charge in [-0.25, -0.2) is 19.6 Å². The Morgan fingerprint density at radius 2 is 1.06 bits per heavy atom. The van der Waals surface area contributed by atoms with Crippen LogP contribution >= 0.6 is 0 Å². The molecule has 14 heteroatoms. The van der Waals surface area contributed by atoms with Gasteiger partial charge in [0, 0.05) is 18.7 Å². The highest BCUT2D eigenvalue weighted by molar-refractivity contribution is 5.88. The van der Waals surface area contributed by atoms with E-state index >= 15 is 0 Å². The summed E-state index contributed by atoms with van der Waals surface area (Å²) in [6.07, 6.45) is 12.6. The van der Waals surface area contributed by atoms with Gasteiger partial charge in [0.15, 0.2) is 0 Å². The summed E-state index contributed by atoms with van der Waals surface area (Å²) in [6.45, 7) is 1.12. The summed E-state index contributed by atoms with van der Waals surface area (Å²) < 4.78 is 9.77. The zero-order valence-corrected chi connectivity index (χ0v) is 37.9. The van der Waals surface area contributed by atoms with Crippen LogP contribution in [-0.4, -0.2) is 81.0 Å². The first-order chi connectivity index (χ1) is 32.7. The molecule has 67 heavy (non-hydrogen) atoms. The minimum absolute atomic E-state index is 0.194. The second kappa shape index (κ2) is 18.6. The number of rotatable bonds is 11. The molecule has 0 unspecified atom stereocenters. The predicted molar refractivity (Wildman–Crippen MR) is 252 cm³/mol. The molecule has 1 saturated carbocycles. The largest absolute Gasteiger partial charge is 0.453 e. The maximum atomic E-state index is 14.2. The lowest BCUT2D eigenvalue weighted by Crippen LogP contribution is -2.42. The number of aromatic amines is 2. The highest BCUT2D eigenvalue weighted by Crippen LogP contribution is 2.53. The quantitative estimate of drug-likeness (QED) is 0.0996. The van der Waals surface area contributed by atoms with Gasteiger partial charge in [-0.1, -0.05) is 110 Å². The standard InChI is InChI=1S/C53H56N8O6/c1-66-51(64)58-45(35-13-5-3-6-14-35)49(62)60-27-11-17-43(60)47-54-31-41(56-47)34-21-19-33(20-22-34)37-23-24-38(40-30-53(29-39(37)40)25-9-10-26-53)42-32-55-48(57-42)44-18-12-28-61(44)50(63)46(59-52(65)67-2)36-15-7-4-8-16-36/h3-8,13-16,19-24,31-32,43-46H,9-12,17-18,25-30H2,1-2H3,(H,54,56)(H,55,57)(H,58,64)(H,59,65)/t43-,44-,45-,46-/m0/s1. The maximum Gasteiger partial charge on any atom is 0.407 e. The Bertz CT molecular complexity index is 2760. The van der Waals surface area contributed by atoms with Crippen molar-refractivity contribution in [3.8, 4) is 33.6 Å². The minimum Gasteiger partial charge on any atom is -0.453 e. The second-order valence-corrected chi connectivity index (χ2v) is 18.5. The van der Waals surface area contributed by atoms with Gasteiger partial charge in [-0.3, -0.25) is 9.59 Å². The fourth-order valence-electron chi connectivity index (χ4n) is 11.2. The highest BCUT2D eigenvalue weighted by atomic mass is 16.5. The first-order valence-electron chi connectivity index (χ1n) is 23.5. The summed E-state index contributed by atoms with van der Waals surface area (Å²) in [4.78, 5) is 73.5. The van der Waals surface area contributed by atoms with Crippen LogP contribution in [0.25, 0.3) is 33.6 Å². The molecule has 4 amide bonds. The molecule has 1 spiro atoms. The third-order valence-electron chi connectivity index (χ3n) is 14.5. The third-order valence-corrected chi connectivity index (χ3v) is 14.5. The Morgan fingerprint density at radius 3 is 1.58 bits per heavy atom. The second-order valence-electron chi connectivity index (χ2n) is 18.5. The Hall–Kier alpha value is -7.22. The number of hydrogen-bond donors (Lipinski definition) is 4. The van der Waals surface area contributed by atoms with Crippen molar-refractivity contribution >= 4 is 24.0 Å². The molecule has 4 aromatic carbocycles. The molecule has 4 aliphatic rings. The van der Waals surface area contributed by atoms with Gasteiger partial charge in [-0.15, -0.1) is 0 Å². The number of likely N-dealkylation sites (tertiary alicyclic amines) is 2. The van der Waals surface area contributed by atoms with Crippen LogP contribution in [0.2, 0.25) is 0 Å². The van der Waals surface area contributed by atoms with Crippen molar-refractivity contribution in [1.29, 1.82) is 0 Å². The number of methoxy groups -OCH3 is 2. The lowest BCUT2D eigenvalue weighted by Gasteiger charge is -2.28. The Morgan fingerprint density at radius 1 is 0.597 bits per heavy atom. The number of carbonyl (C=O) groups excluding carboxylic acids is 4. The molecular formula is C53H56N8O6. The van der Waals surface area contributed by atoms with Crippen molar-refractivity contribution in [3.63, 3.8) is 0 Å². The maximum absolute atomic E-state index is 14.2. The first-order valence-corrected chi connectivity index (χ1v) is 23.5. The van der Waals surface area contributed by atoms with E-state index in [1.807, 2.05) is 82.9 Å². The summed E-state index contributed by atoms with van der Waals surface area (Å²) >= 11 is 0. The van der Waals surface area contributed by atoms with E-state index in [1.54, 1.807) is 0 Å². The van der Waals surface area contributed by atoms with Crippen LogP contribution in [0.1, 0.15) is 109 Å². The number of nitrogens with one attached hydrogen (secondary N) is 4. The van der Waals surface area contributed by atoms with E-state index in [0.29, 0.717) is 30.0 Å². The van der Waals surface area contributed by atoms with Gasteiger partial charge in [0.1, 0.15) is 23.7 Å². The van der Waals surface area contributed by atoms with Gasteiger partial charge < -0.3 is 39.9 Å². The monoisotopic (exact) mass is 900 g/mol. The normalized spacial score (nSPS) is 19.3. The van der Waals surface area contributed by atoms with E-state index in [9.17, 15) is 19.2 Å². The van der Waals surface area contributed by atoms with Crippen molar-refractivity contribution in [1.82, 2.24) is 40.4 Å². The fourth-order valence-corrected chi connectivity index (χ4v) is 11.2. The van der Waals surface area contributed by atoms with Gasteiger partial charge in [-0.2, -0.15) is 0 Å². The van der Waals surface area contributed by atoms with Crippen LogP contribution in [0.15, 0.2) is 109 Å². The van der Waals surface area contributed by atoms with E-state index in [2.05, 4.69) is 57.0 Å². The predicted octanol–water partition coefficient (Wildman–Crippen LogP) is 9.31. The van der Waals surface area contributed by atoms with Crippen LogP contribution in [-0.2, 0) is 31.9 Å². The molecule has 4 heterocycles. The number of imidazole rings is 2. The van der Waals surface area contributed by atoms with Crippen LogP contribution in [0, 0.1) is 5.41 Å². The van der Waals surface area contributed by atoms with Crippen LogP contribution < -0.4 is 10.6 Å². The van der Waals surface area contributed by atoms with Gasteiger partial charge in [-0.05, 0) is 95.7 Å².